The van der Waals surface area contributed by atoms with Crippen LogP contribution >= 0.6 is 0 Å². The molecule has 0 amide bonds. The summed E-state index contributed by atoms with van der Waals surface area (Å²) in [6, 6.07) is 6.77. The molecule has 4 heteroatoms. The van der Waals surface area contributed by atoms with E-state index in [9.17, 15) is 0 Å². The van der Waals surface area contributed by atoms with E-state index in [0.29, 0.717) is 12.8 Å². The minimum atomic E-state index is 0.353. The average molecular weight is 248 g/mol. The van der Waals surface area contributed by atoms with Gasteiger partial charge in [0.05, 0.1) is 0 Å². The van der Waals surface area contributed by atoms with Crippen LogP contribution in [0.25, 0.3) is 0 Å². The van der Waals surface area contributed by atoms with Crippen LogP contribution in [0.4, 0.5) is 0 Å². The summed E-state index contributed by atoms with van der Waals surface area (Å²) in [4.78, 5) is 2.49. The second-order valence-electron chi connectivity index (χ2n) is 5.01. The molecule has 98 valence electrons. The van der Waals surface area contributed by atoms with E-state index in [0.717, 1.165) is 24.6 Å². The molecule has 1 fully saturated rings. The van der Waals surface area contributed by atoms with Gasteiger partial charge >= 0.3 is 0 Å². The van der Waals surface area contributed by atoms with Gasteiger partial charge in [-0.15, -0.1) is 0 Å². The summed E-state index contributed by atoms with van der Waals surface area (Å²) in [6.45, 7) is 3.58. The van der Waals surface area contributed by atoms with Crippen molar-refractivity contribution < 1.29 is 9.47 Å². The Labute approximate surface area is 108 Å². The molecule has 0 bridgehead atoms. The number of benzene rings is 1. The first-order chi connectivity index (χ1) is 8.86. The van der Waals surface area contributed by atoms with E-state index in [4.69, 9.17) is 9.47 Å². The van der Waals surface area contributed by atoms with Gasteiger partial charge < -0.3 is 14.8 Å². The quantitative estimate of drug-likeness (QED) is 0.881. The fourth-order valence-corrected chi connectivity index (χ4v) is 2.79. The Hall–Kier alpha value is -1.26. The predicted molar refractivity (Wildman–Crippen MR) is 69.9 cm³/mol. The third kappa shape index (κ3) is 2.31. The summed E-state index contributed by atoms with van der Waals surface area (Å²) in [5, 5.41) is 3.37. The number of fused-ring (bicyclic) bond motifs is 1. The number of likely N-dealkylation sites (N-methyl/N-ethyl adjacent to an activating group) is 1. The fraction of sp³-hybridized carbons (Fsp3) is 0.571. The Kier molecular flexibility index (Phi) is 3.39. The summed E-state index contributed by atoms with van der Waals surface area (Å²) in [7, 11) is 2.05. The van der Waals surface area contributed by atoms with Crippen LogP contribution in [0.15, 0.2) is 18.2 Å². The van der Waals surface area contributed by atoms with E-state index >= 15 is 0 Å². The SMILES string of the molecule is CNC1CCCN(Cc2cccc3c2OCO3)C1. The number of nitrogens with zero attached hydrogens (tertiary/aromatic N) is 1. The minimum Gasteiger partial charge on any atom is -0.454 e. The Bertz CT molecular complexity index is 422. The molecular weight excluding hydrogens is 228 g/mol. The zero-order valence-corrected chi connectivity index (χ0v) is 10.8. The normalized spacial score (nSPS) is 23.3. The molecule has 0 aromatic heterocycles. The van der Waals surface area contributed by atoms with Gasteiger partial charge in [-0.3, -0.25) is 4.90 Å². The fourth-order valence-electron chi connectivity index (χ4n) is 2.79. The highest BCUT2D eigenvalue weighted by Crippen LogP contribution is 2.36. The van der Waals surface area contributed by atoms with E-state index in [1.165, 1.54) is 24.9 Å². The van der Waals surface area contributed by atoms with Gasteiger partial charge in [-0.25, -0.2) is 0 Å². The highest BCUT2D eigenvalue weighted by atomic mass is 16.7. The second-order valence-corrected chi connectivity index (χ2v) is 5.01. The Balaban J connectivity index is 1.71. The number of piperidine rings is 1. The van der Waals surface area contributed by atoms with Gasteiger partial charge in [0.1, 0.15) is 0 Å². The van der Waals surface area contributed by atoms with Crippen molar-refractivity contribution in [3.05, 3.63) is 23.8 Å². The summed E-state index contributed by atoms with van der Waals surface area (Å²) >= 11 is 0. The molecule has 0 spiro atoms. The van der Waals surface area contributed by atoms with Crippen LogP contribution in [0.2, 0.25) is 0 Å². The van der Waals surface area contributed by atoms with Crippen molar-refractivity contribution in [1.29, 1.82) is 0 Å². The van der Waals surface area contributed by atoms with Crippen molar-refractivity contribution >= 4 is 0 Å². The van der Waals surface area contributed by atoms with Crippen LogP contribution in [-0.4, -0.2) is 37.9 Å². The molecule has 18 heavy (non-hydrogen) atoms. The Morgan fingerprint density at radius 3 is 3.22 bits per heavy atom. The van der Waals surface area contributed by atoms with E-state index in [1.807, 2.05) is 19.2 Å². The van der Waals surface area contributed by atoms with Crippen molar-refractivity contribution in [3.63, 3.8) is 0 Å². The van der Waals surface area contributed by atoms with Crippen molar-refractivity contribution in [2.24, 2.45) is 0 Å². The maximum atomic E-state index is 5.56. The van der Waals surface area contributed by atoms with Gasteiger partial charge in [0.15, 0.2) is 11.5 Å². The number of ether oxygens (including phenoxy) is 2. The third-order valence-electron chi connectivity index (χ3n) is 3.79. The minimum absolute atomic E-state index is 0.353. The zero-order valence-electron chi connectivity index (χ0n) is 10.8. The molecule has 0 aliphatic carbocycles. The Morgan fingerprint density at radius 2 is 2.33 bits per heavy atom. The van der Waals surface area contributed by atoms with Crippen LogP contribution in [0.5, 0.6) is 11.5 Å². The summed E-state index contributed by atoms with van der Waals surface area (Å²) in [5.41, 5.74) is 1.24. The number of nitrogens with one attached hydrogen (secondary N) is 1. The zero-order chi connectivity index (χ0) is 12.4. The molecule has 1 aromatic carbocycles. The first kappa shape index (κ1) is 11.8. The molecule has 0 saturated carbocycles. The largest absolute Gasteiger partial charge is 0.454 e. The molecular formula is C14H20N2O2. The number of rotatable bonds is 3. The molecule has 0 radical (unpaired) electrons. The van der Waals surface area contributed by atoms with Gasteiger partial charge in [-0.2, -0.15) is 0 Å². The highest BCUT2D eigenvalue weighted by Gasteiger charge is 2.22. The lowest BCUT2D eigenvalue weighted by Gasteiger charge is -2.32. The lowest BCUT2D eigenvalue weighted by Crippen LogP contribution is -2.43. The van der Waals surface area contributed by atoms with Crippen molar-refractivity contribution in [1.82, 2.24) is 10.2 Å². The molecule has 1 aromatic rings. The lowest BCUT2D eigenvalue weighted by molar-refractivity contribution is 0.167. The maximum Gasteiger partial charge on any atom is 0.231 e. The number of para-hydroxylation sites is 1. The van der Waals surface area contributed by atoms with Crippen LogP contribution < -0.4 is 14.8 Å². The first-order valence-corrected chi connectivity index (χ1v) is 6.64. The first-order valence-electron chi connectivity index (χ1n) is 6.64. The van der Waals surface area contributed by atoms with E-state index in [1.54, 1.807) is 0 Å². The molecule has 2 aliphatic heterocycles. The van der Waals surface area contributed by atoms with E-state index in [-0.39, 0.29) is 0 Å². The highest BCUT2D eigenvalue weighted by molar-refractivity contribution is 5.48. The van der Waals surface area contributed by atoms with E-state index < -0.39 is 0 Å². The van der Waals surface area contributed by atoms with Crippen molar-refractivity contribution in [3.8, 4) is 11.5 Å². The second kappa shape index (κ2) is 5.16. The van der Waals surface area contributed by atoms with Gasteiger partial charge in [0, 0.05) is 24.7 Å². The number of hydrogen-bond donors (Lipinski definition) is 1. The van der Waals surface area contributed by atoms with Crippen molar-refractivity contribution in [2.75, 3.05) is 26.9 Å². The van der Waals surface area contributed by atoms with Crippen LogP contribution in [0.3, 0.4) is 0 Å². The summed E-state index contributed by atoms with van der Waals surface area (Å²) in [6.07, 6.45) is 2.54. The maximum absolute atomic E-state index is 5.56. The smallest absolute Gasteiger partial charge is 0.231 e. The van der Waals surface area contributed by atoms with Gasteiger partial charge in [-0.1, -0.05) is 12.1 Å². The lowest BCUT2D eigenvalue weighted by atomic mass is 10.0. The van der Waals surface area contributed by atoms with Crippen LogP contribution in [0, 0.1) is 0 Å². The molecule has 4 nitrogen and oxygen atoms in total. The van der Waals surface area contributed by atoms with Crippen LogP contribution in [0.1, 0.15) is 18.4 Å². The van der Waals surface area contributed by atoms with Crippen LogP contribution in [-0.2, 0) is 6.54 Å². The van der Waals surface area contributed by atoms with Gasteiger partial charge in [-0.05, 0) is 32.5 Å². The molecule has 1 N–H and O–H groups in total. The molecule has 3 rings (SSSR count). The number of likely N-dealkylation sites (tertiary alicyclic amines) is 1. The predicted octanol–water partition coefficient (Wildman–Crippen LogP) is 1.60. The molecule has 1 saturated heterocycles. The van der Waals surface area contributed by atoms with Gasteiger partial charge in [0.25, 0.3) is 0 Å². The topological polar surface area (TPSA) is 33.7 Å². The average Bonchev–Trinajstić information content (AvgIpc) is 2.88. The van der Waals surface area contributed by atoms with E-state index in [2.05, 4.69) is 16.3 Å². The summed E-state index contributed by atoms with van der Waals surface area (Å²) in [5.74, 6) is 1.82. The van der Waals surface area contributed by atoms with Gasteiger partial charge in [0.2, 0.25) is 6.79 Å². The molecule has 2 aliphatic rings. The Morgan fingerprint density at radius 1 is 1.39 bits per heavy atom. The summed E-state index contributed by atoms with van der Waals surface area (Å²) < 4.78 is 11.0. The molecule has 1 atom stereocenters. The monoisotopic (exact) mass is 248 g/mol. The van der Waals surface area contributed by atoms with Crippen molar-refractivity contribution in [2.45, 2.75) is 25.4 Å². The number of hydrogen-bond acceptors (Lipinski definition) is 4. The molecule has 1 unspecified atom stereocenters. The standard InChI is InChI=1S/C14H20N2O2/c1-15-12-5-3-7-16(9-12)8-11-4-2-6-13-14(11)18-10-17-13/h2,4,6,12,15H,3,5,7-10H2,1H3. The molecule has 2 heterocycles. The third-order valence-corrected chi connectivity index (χ3v) is 3.79.